The third-order valence-corrected chi connectivity index (χ3v) is 4.34. The smallest absolute Gasteiger partial charge is 0.0855 e. The summed E-state index contributed by atoms with van der Waals surface area (Å²) in [5, 5.41) is 3.67. The molecule has 20 heavy (non-hydrogen) atoms. The van der Waals surface area contributed by atoms with E-state index in [1.165, 1.54) is 0 Å². The number of likely N-dealkylation sites (N-methyl/N-ethyl adjacent to an activating group) is 1. The van der Waals surface area contributed by atoms with Crippen LogP contribution < -0.4 is 5.32 Å². The maximum Gasteiger partial charge on any atom is 0.0855 e. The predicted molar refractivity (Wildman–Crippen MR) is 84.3 cm³/mol. The monoisotopic (exact) mass is 286 g/mol. The fourth-order valence-corrected chi connectivity index (χ4v) is 2.62. The van der Waals surface area contributed by atoms with E-state index in [-0.39, 0.29) is 5.60 Å². The lowest BCUT2D eigenvalue weighted by atomic mass is 9.95. The van der Waals surface area contributed by atoms with Gasteiger partial charge in [0.25, 0.3) is 0 Å². The van der Waals surface area contributed by atoms with E-state index in [9.17, 15) is 0 Å². The molecule has 0 aromatic carbocycles. The van der Waals surface area contributed by atoms with Gasteiger partial charge >= 0.3 is 0 Å². The second-order valence-corrected chi connectivity index (χ2v) is 6.37. The summed E-state index contributed by atoms with van der Waals surface area (Å²) in [5.74, 6) is 0. The second kappa shape index (κ2) is 8.98. The van der Waals surface area contributed by atoms with Crippen molar-refractivity contribution in [3.8, 4) is 0 Å². The Morgan fingerprint density at radius 1 is 1.40 bits per heavy atom. The Morgan fingerprint density at radius 2 is 2.15 bits per heavy atom. The van der Waals surface area contributed by atoms with E-state index < -0.39 is 0 Å². The molecule has 1 aliphatic rings. The van der Waals surface area contributed by atoms with Crippen molar-refractivity contribution in [2.75, 3.05) is 39.9 Å². The molecule has 120 valence electrons. The summed E-state index contributed by atoms with van der Waals surface area (Å²) in [6, 6.07) is 0.429. The largest absolute Gasteiger partial charge is 0.379 e. The summed E-state index contributed by atoms with van der Waals surface area (Å²) in [4.78, 5) is 2.48. The van der Waals surface area contributed by atoms with E-state index in [0.29, 0.717) is 12.1 Å². The Kier molecular flexibility index (Phi) is 8.03. The van der Waals surface area contributed by atoms with Gasteiger partial charge in [-0.3, -0.25) is 4.90 Å². The maximum absolute atomic E-state index is 6.02. The van der Waals surface area contributed by atoms with Gasteiger partial charge in [-0.05, 0) is 46.2 Å². The van der Waals surface area contributed by atoms with E-state index >= 15 is 0 Å². The zero-order chi connectivity index (χ0) is 15.0. The standard InChI is InChI=1S/C16H34N2O2/c1-6-10-17-14(8-9-16(3,4)19-5)15-13-18(7-2)11-12-20-15/h14-15,17H,6-13H2,1-5H3. The molecule has 1 saturated heterocycles. The molecular weight excluding hydrogens is 252 g/mol. The molecule has 0 amide bonds. The van der Waals surface area contributed by atoms with Crippen molar-refractivity contribution in [3.05, 3.63) is 0 Å². The number of rotatable bonds is 9. The van der Waals surface area contributed by atoms with Gasteiger partial charge in [-0.15, -0.1) is 0 Å². The lowest BCUT2D eigenvalue weighted by Crippen LogP contribution is -2.52. The minimum Gasteiger partial charge on any atom is -0.379 e. The highest BCUT2D eigenvalue weighted by molar-refractivity contribution is 4.85. The number of ether oxygens (including phenoxy) is 2. The molecule has 0 bridgehead atoms. The molecular formula is C16H34N2O2. The Balaban J connectivity index is 2.53. The number of hydrogen-bond donors (Lipinski definition) is 1. The van der Waals surface area contributed by atoms with Gasteiger partial charge in [-0.25, -0.2) is 0 Å². The van der Waals surface area contributed by atoms with E-state index in [0.717, 1.165) is 52.0 Å². The van der Waals surface area contributed by atoms with Crippen molar-refractivity contribution in [2.24, 2.45) is 0 Å². The van der Waals surface area contributed by atoms with Crippen molar-refractivity contribution in [1.29, 1.82) is 0 Å². The average molecular weight is 286 g/mol. The van der Waals surface area contributed by atoms with Crippen LogP contribution in [0.5, 0.6) is 0 Å². The van der Waals surface area contributed by atoms with Crippen LogP contribution in [0.1, 0.15) is 47.0 Å². The van der Waals surface area contributed by atoms with Crippen LogP contribution in [-0.2, 0) is 9.47 Å². The van der Waals surface area contributed by atoms with E-state index in [1.807, 2.05) is 0 Å². The molecule has 0 aromatic heterocycles. The van der Waals surface area contributed by atoms with Crippen molar-refractivity contribution < 1.29 is 9.47 Å². The van der Waals surface area contributed by atoms with Crippen LogP contribution in [0, 0.1) is 0 Å². The number of hydrogen-bond acceptors (Lipinski definition) is 4. The first-order valence-electron chi connectivity index (χ1n) is 8.15. The van der Waals surface area contributed by atoms with E-state index in [2.05, 4.69) is 37.9 Å². The summed E-state index contributed by atoms with van der Waals surface area (Å²) >= 11 is 0. The molecule has 4 nitrogen and oxygen atoms in total. The van der Waals surface area contributed by atoms with Crippen LogP contribution in [0.3, 0.4) is 0 Å². The molecule has 4 heteroatoms. The number of nitrogens with zero attached hydrogens (tertiary/aromatic N) is 1. The van der Waals surface area contributed by atoms with Gasteiger partial charge in [-0.1, -0.05) is 13.8 Å². The van der Waals surface area contributed by atoms with Gasteiger partial charge in [0, 0.05) is 26.2 Å². The van der Waals surface area contributed by atoms with Gasteiger partial charge in [0.1, 0.15) is 0 Å². The van der Waals surface area contributed by atoms with E-state index in [4.69, 9.17) is 9.47 Å². The van der Waals surface area contributed by atoms with Crippen LogP contribution in [-0.4, -0.2) is 62.5 Å². The molecule has 1 fully saturated rings. The molecule has 1 rings (SSSR count). The average Bonchev–Trinajstić information content (AvgIpc) is 2.47. The minimum atomic E-state index is -0.0503. The fourth-order valence-electron chi connectivity index (χ4n) is 2.62. The molecule has 2 atom stereocenters. The lowest BCUT2D eigenvalue weighted by Gasteiger charge is -2.38. The molecule has 0 saturated carbocycles. The summed E-state index contributed by atoms with van der Waals surface area (Å²) in [5.41, 5.74) is -0.0503. The van der Waals surface area contributed by atoms with Gasteiger partial charge in [0.05, 0.1) is 18.3 Å². The molecule has 0 spiro atoms. The van der Waals surface area contributed by atoms with Gasteiger partial charge in [0.15, 0.2) is 0 Å². The highest BCUT2D eigenvalue weighted by Crippen LogP contribution is 2.20. The Hall–Kier alpha value is -0.160. The molecule has 0 aromatic rings. The number of morpholine rings is 1. The first-order valence-corrected chi connectivity index (χ1v) is 8.15. The van der Waals surface area contributed by atoms with Crippen LogP contribution >= 0.6 is 0 Å². The second-order valence-electron chi connectivity index (χ2n) is 6.37. The highest BCUT2D eigenvalue weighted by Gasteiger charge is 2.29. The summed E-state index contributed by atoms with van der Waals surface area (Å²) in [6.45, 7) is 13.9. The molecule has 1 aliphatic heterocycles. The highest BCUT2D eigenvalue weighted by atomic mass is 16.5. The Morgan fingerprint density at radius 3 is 2.75 bits per heavy atom. The number of nitrogens with one attached hydrogen (secondary N) is 1. The van der Waals surface area contributed by atoms with Gasteiger partial charge < -0.3 is 14.8 Å². The zero-order valence-corrected chi connectivity index (χ0v) is 14.1. The SMILES string of the molecule is CCCNC(CCC(C)(C)OC)C1CN(CC)CCO1. The van der Waals surface area contributed by atoms with Gasteiger partial charge in [0.2, 0.25) is 0 Å². The fraction of sp³-hybridized carbons (Fsp3) is 1.00. The Bertz CT molecular complexity index is 259. The minimum absolute atomic E-state index is 0.0503. The third kappa shape index (κ3) is 6.08. The zero-order valence-electron chi connectivity index (χ0n) is 14.1. The lowest BCUT2D eigenvalue weighted by molar-refractivity contribution is -0.0523. The molecule has 2 unspecified atom stereocenters. The maximum atomic E-state index is 6.02. The summed E-state index contributed by atoms with van der Waals surface area (Å²) < 4.78 is 11.6. The summed E-state index contributed by atoms with van der Waals surface area (Å²) in [6.07, 6.45) is 3.62. The molecule has 0 radical (unpaired) electrons. The van der Waals surface area contributed by atoms with Crippen LogP contribution in [0.25, 0.3) is 0 Å². The number of methoxy groups -OCH3 is 1. The topological polar surface area (TPSA) is 33.7 Å². The van der Waals surface area contributed by atoms with Crippen molar-refractivity contribution in [1.82, 2.24) is 10.2 Å². The summed E-state index contributed by atoms with van der Waals surface area (Å²) in [7, 11) is 1.80. The van der Waals surface area contributed by atoms with Crippen molar-refractivity contribution in [2.45, 2.75) is 64.7 Å². The first kappa shape index (κ1) is 17.9. The van der Waals surface area contributed by atoms with Gasteiger partial charge in [-0.2, -0.15) is 0 Å². The normalized spacial score (nSPS) is 22.9. The molecule has 0 aliphatic carbocycles. The van der Waals surface area contributed by atoms with Crippen LogP contribution in [0.4, 0.5) is 0 Å². The third-order valence-electron chi connectivity index (χ3n) is 4.34. The molecule has 1 heterocycles. The molecule has 1 N–H and O–H groups in total. The van der Waals surface area contributed by atoms with E-state index in [1.54, 1.807) is 7.11 Å². The first-order chi connectivity index (χ1) is 9.52. The quantitative estimate of drug-likeness (QED) is 0.705. The van der Waals surface area contributed by atoms with Crippen LogP contribution in [0.15, 0.2) is 0 Å². The van der Waals surface area contributed by atoms with Crippen molar-refractivity contribution in [3.63, 3.8) is 0 Å². The Labute approximate surface area is 125 Å². The van der Waals surface area contributed by atoms with Crippen LogP contribution in [0.2, 0.25) is 0 Å². The van der Waals surface area contributed by atoms with Crippen molar-refractivity contribution >= 4 is 0 Å². The predicted octanol–water partition coefficient (Wildman–Crippen LogP) is 2.28.